The number of pyridine rings is 1. The number of rotatable bonds is 9. The molecule has 0 aliphatic carbocycles. The molecule has 166 valence electrons. The quantitative estimate of drug-likeness (QED) is 0.539. The first kappa shape index (κ1) is 22.7. The predicted molar refractivity (Wildman–Crippen MR) is 121 cm³/mol. The summed E-state index contributed by atoms with van der Waals surface area (Å²) in [6, 6.07) is 7.54. The highest BCUT2D eigenvalue weighted by atomic mass is 19.1. The molecule has 3 N–H and O–H groups in total. The van der Waals surface area contributed by atoms with E-state index in [9.17, 15) is 14.0 Å². The van der Waals surface area contributed by atoms with Gasteiger partial charge in [0.15, 0.2) is 0 Å². The summed E-state index contributed by atoms with van der Waals surface area (Å²) in [7, 11) is 1.49. The number of aromatic nitrogens is 1. The summed E-state index contributed by atoms with van der Waals surface area (Å²) in [5.74, 6) is -0.00911. The number of nitrogens with one attached hydrogen (secondary N) is 3. The van der Waals surface area contributed by atoms with Crippen LogP contribution < -0.4 is 21.5 Å². The topological polar surface area (TPSA) is 75.2 Å². The molecule has 1 amide bonds. The molecule has 7 heteroatoms. The Morgan fingerprint density at radius 3 is 2.65 bits per heavy atom. The molecule has 0 spiro atoms. The fourth-order valence-electron chi connectivity index (χ4n) is 3.90. The van der Waals surface area contributed by atoms with Gasteiger partial charge in [-0.15, -0.1) is 0 Å². The number of hydrogen-bond acceptors (Lipinski definition) is 4. The second kappa shape index (κ2) is 10.9. The van der Waals surface area contributed by atoms with Gasteiger partial charge in [0.1, 0.15) is 11.4 Å². The van der Waals surface area contributed by atoms with E-state index in [0.29, 0.717) is 11.3 Å². The van der Waals surface area contributed by atoms with E-state index in [-0.39, 0.29) is 17.9 Å². The number of piperidine rings is 1. The number of carbonyl (C=O) groups excluding carboxylic acids is 1. The summed E-state index contributed by atoms with van der Waals surface area (Å²) in [6.45, 7) is 7.33. The van der Waals surface area contributed by atoms with Gasteiger partial charge in [0.2, 0.25) is 0 Å². The molecule has 2 heterocycles. The Morgan fingerprint density at radius 2 is 1.97 bits per heavy atom. The zero-order chi connectivity index (χ0) is 22.2. The fraction of sp³-hybridized carbons (Fsp3) is 0.417. The van der Waals surface area contributed by atoms with Crippen molar-refractivity contribution < 1.29 is 9.18 Å². The van der Waals surface area contributed by atoms with Crippen LogP contribution in [0.2, 0.25) is 0 Å². The van der Waals surface area contributed by atoms with Gasteiger partial charge < -0.3 is 20.5 Å². The maximum absolute atomic E-state index is 13.2. The van der Waals surface area contributed by atoms with Gasteiger partial charge in [0.25, 0.3) is 11.5 Å². The van der Waals surface area contributed by atoms with Crippen LogP contribution in [0.5, 0.6) is 0 Å². The van der Waals surface area contributed by atoms with Crippen molar-refractivity contribution in [1.29, 1.82) is 0 Å². The highest BCUT2D eigenvalue weighted by molar-refractivity contribution is 5.94. The first-order chi connectivity index (χ1) is 15.0. The summed E-state index contributed by atoms with van der Waals surface area (Å²) >= 11 is 0. The third-order valence-electron chi connectivity index (χ3n) is 5.76. The number of benzene rings is 1. The van der Waals surface area contributed by atoms with Gasteiger partial charge in [-0.2, -0.15) is 0 Å². The summed E-state index contributed by atoms with van der Waals surface area (Å²) in [5.41, 5.74) is 1.78. The molecule has 1 aliphatic heterocycles. The zero-order valence-corrected chi connectivity index (χ0v) is 18.0. The van der Waals surface area contributed by atoms with Crippen LogP contribution in [0.25, 0.3) is 5.70 Å². The van der Waals surface area contributed by atoms with Crippen LogP contribution in [0.1, 0.15) is 47.2 Å². The van der Waals surface area contributed by atoms with E-state index in [0.717, 1.165) is 37.5 Å². The van der Waals surface area contributed by atoms with Gasteiger partial charge in [0.05, 0.1) is 6.54 Å². The summed E-state index contributed by atoms with van der Waals surface area (Å²) in [6.07, 6.45) is 6.37. The van der Waals surface area contributed by atoms with Gasteiger partial charge in [-0.25, -0.2) is 4.39 Å². The fourth-order valence-corrected chi connectivity index (χ4v) is 3.90. The predicted octanol–water partition coefficient (Wildman–Crippen LogP) is 2.74. The van der Waals surface area contributed by atoms with Gasteiger partial charge in [-0.3, -0.25) is 9.59 Å². The summed E-state index contributed by atoms with van der Waals surface area (Å²) < 4.78 is 14.7. The lowest BCUT2D eigenvalue weighted by Gasteiger charge is -2.22. The molecule has 1 aliphatic rings. The van der Waals surface area contributed by atoms with Gasteiger partial charge in [-0.1, -0.05) is 18.7 Å². The van der Waals surface area contributed by atoms with Crippen LogP contribution >= 0.6 is 0 Å². The van der Waals surface area contributed by atoms with Gasteiger partial charge in [-0.05, 0) is 68.5 Å². The lowest BCUT2D eigenvalue weighted by atomic mass is 9.93. The molecular weight excluding hydrogens is 395 g/mol. The summed E-state index contributed by atoms with van der Waals surface area (Å²) in [5, 5.41) is 9.24. The number of carbonyl (C=O) groups is 1. The molecule has 1 aromatic heterocycles. The molecule has 0 unspecified atom stereocenters. The second-order valence-electron chi connectivity index (χ2n) is 8.02. The molecule has 0 atom stereocenters. The second-order valence-corrected chi connectivity index (χ2v) is 8.02. The Hall–Kier alpha value is -2.93. The molecule has 2 aromatic rings. The largest absolute Gasteiger partial charge is 0.385 e. The average molecular weight is 427 g/mol. The Kier molecular flexibility index (Phi) is 8.00. The van der Waals surface area contributed by atoms with E-state index in [4.69, 9.17) is 0 Å². The van der Waals surface area contributed by atoms with E-state index in [2.05, 4.69) is 22.5 Å². The van der Waals surface area contributed by atoms with Crippen LogP contribution in [-0.4, -0.2) is 37.2 Å². The van der Waals surface area contributed by atoms with Gasteiger partial charge in [0, 0.05) is 31.0 Å². The lowest BCUT2D eigenvalue weighted by molar-refractivity contribution is 0.0961. The zero-order valence-electron chi connectivity index (χ0n) is 18.0. The van der Waals surface area contributed by atoms with Crippen molar-refractivity contribution in [3.8, 4) is 0 Å². The van der Waals surface area contributed by atoms with E-state index < -0.39 is 11.5 Å². The Balaban J connectivity index is 1.71. The molecule has 1 aromatic carbocycles. The van der Waals surface area contributed by atoms with Crippen molar-refractivity contribution in [1.82, 2.24) is 20.5 Å². The van der Waals surface area contributed by atoms with Crippen molar-refractivity contribution >= 4 is 11.6 Å². The minimum absolute atomic E-state index is 0.0553. The average Bonchev–Trinajstić information content (AvgIpc) is 2.79. The first-order valence-electron chi connectivity index (χ1n) is 10.8. The maximum atomic E-state index is 13.2. The van der Waals surface area contributed by atoms with Crippen LogP contribution in [0, 0.1) is 11.7 Å². The van der Waals surface area contributed by atoms with E-state index in [1.807, 2.05) is 0 Å². The highest BCUT2D eigenvalue weighted by Crippen LogP contribution is 2.18. The molecule has 1 fully saturated rings. The Bertz CT molecular complexity index is 963. The number of amides is 1. The minimum atomic E-state index is -0.446. The molecular formula is C24H31FN4O2. The third-order valence-corrected chi connectivity index (χ3v) is 5.76. The van der Waals surface area contributed by atoms with Crippen LogP contribution in [0.4, 0.5) is 4.39 Å². The van der Waals surface area contributed by atoms with Crippen LogP contribution in [-0.2, 0) is 6.54 Å². The molecule has 1 saturated heterocycles. The molecule has 0 saturated carbocycles. The molecule has 6 nitrogen and oxygen atoms in total. The normalized spacial score (nSPS) is 14.3. The monoisotopic (exact) mass is 426 g/mol. The summed E-state index contributed by atoms with van der Waals surface area (Å²) in [4.78, 5) is 25.1. The van der Waals surface area contributed by atoms with Crippen molar-refractivity contribution in [2.45, 2.75) is 32.2 Å². The van der Waals surface area contributed by atoms with Crippen molar-refractivity contribution in [2.24, 2.45) is 5.92 Å². The smallest absolute Gasteiger partial charge is 0.263 e. The van der Waals surface area contributed by atoms with Crippen LogP contribution in [0.15, 0.2) is 47.9 Å². The standard InChI is InChI=1S/C24H31FN4O2/c1-17(28-11-3-4-18-9-12-27-13-10-18)20-14-22(23(30)26-2)24(31)29(16-20)15-19-5-7-21(25)8-6-19/h5-8,14,16,18,27-28H,1,3-4,9-13,15H2,2H3,(H,26,30). The van der Waals surface area contributed by atoms with Gasteiger partial charge >= 0.3 is 0 Å². The Labute approximate surface area is 182 Å². The minimum Gasteiger partial charge on any atom is -0.385 e. The van der Waals surface area contributed by atoms with Crippen molar-refractivity contribution in [2.75, 3.05) is 26.7 Å². The van der Waals surface area contributed by atoms with Crippen molar-refractivity contribution in [3.05, 3.63) is 76.0 Å². The Morgan fingerprint density at radius 1 is 1.26 bits per heavy atom. The lowest BCUT2D eigenvalue weighted by Crippen LogP contribution is -2.32. The van der Waals surface area contributed by atoms with Crippen LogP contribution in [0.3, 0.4) is 0 Å². The molecule has 3 rings (SSSR count). The SMILES string of the molecule is C=C(NCCCC1CCNCC1)c1cc(C(=O)NC)c(=O)n(Cc2ccc(F)cc2)c1. The number of nitrogens with zero attached hydrogens (tertiary/aromatic N) is 1. The number of halogens is 1. The maximum Gasteiger partial charge on any atom is 0.263 e. The molecule has 0 bridgehead atoms. The highest BCUT2D eigenvalue weighted by Gasteiger charge is 2.15. The van der Waals surface area contributed by atoms with E-state index in [1.165, 1.54) is 43.0 Å². The number of hydrogen-bond donors (Lipinski definition) is 3. The van der Waals surface area contributed by atoms with E-state index >= 15 is 0 Å². The third kappa shape index (κ3) is 6.28. The van der Waals surface area contributed by atoms with Crippen molar-refractivity contribution in [3.63, 3.8) is 0 Å². The first-order valence-corrected chi connectivity index (χ1v) is 10.8. The molecule has 31 heavy (non-hydrogen) atoms. The molecule has 0 radical (unpaired) electrons. The van der Waals surface area contributed by atoms with E-state index in [1.54, 1.807) is 24.4 Å².